The number of hydrogen-bond acceptors (Lipinski definition) is 3. The first-order chi connectivity index (χ1) is 15.6. The van der Waals surface area contributed by atoms with Crippen LogP contribution in [0.4, 0.5) is 4.39 Å². The van der Waals surface area contributed by atoms with Crippen LogP contribution in [0, 0.1) is 0 Å². The summed E-state index contributed by atoms with van der Waals surface area (Å²) in [4.78, 5) is 1.07. The number of rotatable bonds is 8. The molecule has 1 heterocycles. The molecule has 0 radical (unpaired) electrons. The Morgan fingerprint density at radius 1 is 0.969 bits per heavy atom. The monoisotopic (exact) mass is 448 g/mol. The third-order valence-electron chi connectivity index (χ3n) is 5.88. The van der Waals surface area contributed by atoms with Crippen molar-refractivity contribution >= 4 is 22.9 Å². The van der Waals surface area contributed by atoms with Crippen molar-refractivity contribution in [2.24, 2.45) is 0 Å². The molecule has 2 nitrogen and oxygen atoms in total. The number of alkyl halides is 1. The van der Waals surface area contributed by atoms with Crippen LogP contribution in [-0.2, 0) is 6.67 Å². The van der Waals surface area contributed by atoms with Crippen LogP contribution in [0.2, 0.25) is 0 Å². The van der Waals surface area contributed by atoms with E-state index in [9.17, 15) is 9.50 Å². The Kier molecular flexibility index (Phi) is 7.21. The smallest absolute Gasteiger partial charge is 0.119 e. The van der Waals surface area contributed by atoms with Gasteiger partial charge in [0, 0.05) is 10.6 Å². The van der Waals surface area contributed by atoms with Crippen molar-refractivity contribution < 1.29 is 14.2 Å². The van der Waals surface area contributed by atoms with Gasteiger partial charge >= 0.3 is 0 Å². The molecule has 0 aliphatic carbocycles. The minimum Gasteiger partial charge on any atom is -0.508 e. The van der Waals surface area contributed by atoms with E-state index in [4.69, 9.17) is 4.74 Å². The van der Waals surface area contributed by atoms with Crippen LogP contribution in [0.5, 0.6) is 11.5 Å². The second-order valence-corrected chi connectivity index (χ2v) is 9.13. The number of aromatic hydroxyl groups is 1. The summed E-state index contributed by atoms with van der Waals surface area (Å²) in [6.45, 7) is 3.88. The van der Waals surface area contributed by atoms with Crippen LogP contribution in [0.15, 0.2) is 71.6 Å². The molecule has 0 saturated carbocycles. The molecule has 166 valence electrons. The number of halogens is 1. The highest BCUT2D eigenvalue weighted by atomic mass is 32.2. The Balaban J connectivity index is 1.76. The van der Waals surface area contributed by atoms with Crippen molar-refractivity contribution in [2.45, 2.75) is 50.8 Å². The van der Waals surface area contributed by atoms with E-state index in [1.807, 2.05) is 48.5 Å². The maximum Gasteiger partial charge on any atom is 0.119 e. The number of phenolic OH excluding ortho intramolecular Hbond substituents is 1. The Bertz CT molecular complexity index is 1090. The van der Waals surface area contributed by atoms with Crippen LogP contribution in [-0.4, -0.2) is 17.0 Å². The SMILES string of the molecule is CCCC(CC)Oc1ccc(C2=C(c3ccc(CF)cc3)CSc3cc(O)ccc32)cc1. The van der Waals surface area contributed by atoms with E-state index in [0.717, 1.165) is 57.9 Å². The highest BCUT2D eigenvalue weighted by Gasteiger charge is 2.22. The zero-order chi connectivity index (χ0) is 22.5. The van der Waals surface area contributed by atoms with Gasteiger partial charge in [0.1, 0.15) is 18.2 Å². The number of benzene rings is 3. The number of phenols is 1. The van der Waals surface area contributed by atoms with Gasteiger partial charge in [-0.3, -0.25) is 0 Å². The quantitative estimate of drug-likeness (QED) is 0.380. The van der Waals surface area contributed by atoms with E-state index in [0.29, 0.717) is 5.56 Å². The van der Waals surface area contributed by atoms with Crippen molar-refractivity contribution in [3.05, 3.63) is 89.0 Å². The number of ether oxygens (including phenoxy) is 1. The van der Waals surface area contributed by atoms with Crippen molar-refractivity contribution in [1.29, 1.82) is 0 Å². The van der Waals surface area contributed by atoms with Gasteiger partial charge in [0.15, 0.2) is 0 Å². The van der Waals surface area contributed by atoms with E-state index >= 15 is 0 Å². The van der Waals surface area contributed by atoms with Crippen molar-refractivity contribution in [3.8, 4) is 11.5 Å². The molecule has 1 N–H and O–H groups in total. The molecular formula is C28H29FO2S. The first-order valence-corrected chi connectivity index (χ1v) is 12.2. The van der Waals surface area contributed by atoms with Crippen LogP contribution in [0.25, 0.3) is 11.1 Å². The van der Waals surface area contributed by atoms with Gasteiger partial charge in [0.25, 0.3) is 0 Å². The van der Waals surface area contributed by atoms with Gasteiger partial charge in [-0.15, -0.1) is 11.8 Å². The lowest BCUT2D eigenvalue weighted by Gasteiger charge is -2.25. The standard InChI is InChI=1S/C28H29FO2S/c1-3-5-23(4-2)31-24-13-10-21(11-14-24)28-25-15-12-22(30)16-27(25)32-18-26(28)20-8-6-19(17-29)7-9-20/h6-16,23,30H,3-5,17-18H2,1-2H3. The van der Waals surface area contributed by atoms with E-state index < -0.39 is 6.67 Å². The molecule has 3 aromatic rings. The molecule has 0 aromatic heterocycles. The summed E-state index contributed by atoms with van der Waals surface area (Å²) in [5, 5.41) is 9.99. The van der Waals surface area contributed by atoms with Crippen LogP contribution in [0.3, 0.4) is 0 Å². The minimum absolute atomic E-state index is 0.240. The molecule has 1 aliphatic rings. The average molecular weight is 449 g/mol. The predicted molar refractivity (Wildman–Crippen MR) is 132 cm³/mol. The normalized spacial score (nSPS) is 14.2. The van der Waals surface area contributed by atoms with Gasteiger partial charge in [0.05, 0.1) is 6.10 Å². The van der Waals surface area contributed by atoms with Crippen molar-refractivity contribution in [1.82, 2.24) is 0 Å². The number of hydrogen-bond donors (Lipinski definition) is 1. The molecule has 1 atom stereocenters. The Hall–Kier alpha value is -2.72. The van der Waals surface area contributed by atoms with Gasteiger partial charge in [-0.2, -0.15) is 0 Å². The van der Waals surface area contributed by atoms with Crippen molar-refractivity contribution in [2.75, 3.05) is 5.75 Å². The molecule has 0 saturated heterocycles. The Labute approximate surface area is 194 Å². The lowest BCUT2D eigenvalue weighted by molar-refractivity contribution is 0.186. The summed E-state index contributed by atoms with van der Waals surface area (Å²) in [6, 6.07) is 21.6. The zero-order valence-electron chi connectivity index (χ0n) is 18.6. The molecule has 1 unspecified atom stereocenters. The molecule has 1 aliphatic heterocycles. The lowest BCUT2D eigenvalue weighted by Crippen LogP contribution is -2.14. The maximum atomic E-state index is 13.0. The molecular weight excluding hydrogens is 419 g/mol. The second kappa shape index (κ2) is 10.3. The fourth-order valence-corrected chi connectivity index (χ4v) is 5.28. The fourth-order valence-electron chi connectivity index (χ4n) is 4.14. The first-order valence-electron chi connectivity index (χ1n) is 11.2. The molecule has 4 rings (SSSR count). The van der Waals surface area contributed by atoms with Gasteiger partial charge < -0.3 is 9.84 Å². The fraction of sp³-hybridized carbons (Fsp3) is 0.286. The highest BCUT2D eigenvalue weighted by molar-refractivity contribution is 7.99. The molecule has 0 fully saturated rings. The minimum atomic E-state index is -0.457. The summed E-state index contributed by atoms with van der Waals surface area (Å²) in [5.74, 6) is 1.95. The molecule has 0 bridgehead atoms. The zero-order valence-corrected chi connectivity index (χ0v) is 19.4. The van der Waals surface area contributed by atoms with Crippen LogP contribution < -0.4 is 4.74 Å². The molecule has 3 aromatic carbocycles. The second-order valence-electron chi connectivity index (χ2n) is 8.11. The number of thioether (sulfide) groups is 1. The molecule has 4 heteroatoms. The van der Waals surface area contributed by atoms with E-state index in [-0.39, 0.29) is 11.9 Å². The van der Waals surface area contributed by atoms with Gasteiger partial charge in [0.2, 0.25) is 0 Å². The summed E-state index contributed by atoms with van der Waals surface area (Å²) in [7, 11) is 0. The van der Waals surface area contributed by atoms with Gasteiger partial charge in [-0.1, -0.05) is 56.7 Å². The first kappa shape index (κ1) is 22.5. The van der Waals surface area contributed by atoms with E-state index in [1.54, 1.807) is 17.8 Å². The summed E-state index contributed by atoms with van der Waals surface area (Å²) in [6.07, 6.45) is 3.39. The number of fused-ring (bicyclic) bond motifs is 1. The molecule has 32 heavy (non-hydrogen) atoms. The Morgan fingerprint density at radius 2 is 1.69 bits per heavy atom. The summed E-state index contributed by atoms with van der Waals surface area (Å²) >= 11 is 1.72. The van der Waals surface area contributed by atoms with Gasteiger partial charge in [-0.25, -0.2) is 4.39 Å². The summed E-state index contributed by atoms with van der Waals surface area (Å²) in [5.41, 5.74) is 6.36. The topological polar surface area (TPSA) is 29.5 Å². The third-order valence-corrected chi connectivity index (χ3v) is 6.96. The van der Waals surface area contributed by atoms with E-state index in [1.165, 1.54) is 5.57 Å². The average Bonchev–Trinajstić information content (AvgIpc) is 2.83. The Morgan fingerprint density at radius 3 is 2.34 bits per heavy atom. The maximum absolute atomic E-state index is 13.0. The van der Waals surface area contributed by atoms with Gasteiger partial charge in [-0.05, 0) is 76.6 Å². The molecule has 0 amide bonds. The van der Waals surface area contributed by atoms with E-state index in [2.05, 4.69) is 26.0 Å². The summed E-state index contributed by atoms with van der Waals surface area (Å²) < 4.78 is 19.2. The van der Waals surface area contributed by atoms with Crippen LogP contribution in [0.1, 0.15) is 55.4 Å². The highest BCUT2D eigenvalue weighted by Crippen LogP contribution is 2.45. The predicted octanol–water partition coefficient (Wildman–Crippen LogP) is 7.88. The largest absolute Gasteiger partial charge is 0.508 e. The third kappa shape index (κ3) is 4.86. The molecule has 0 spiro atoms. The lowest BCUT2D eigenvalue weighted by atomic mass is 9.89. The van der Waals surface area contributed by atoms with Crippen molar-refractivity contribution in [3.63, 3.8) is 0 Å². The van der Waals surface area contributed by atoms with Crippen LogP contribution >= 0.6 is 11.8 Å².